The Morgan fingerprint density at radius 2 is 1.79 bits per heavy atom. The van der Waals surface area contributed by atoms with E-state index in [0.29, 0.717) is 28.6 Å². The van der Waals surface area contributed by atoms with Crippen molar-refractivity contribution in [3.63, 3.8) is 0 Å². The highest BCUT2D eigenvalue weighted by atomic mass is 35.5. The molecule has 0 radical (unpaired) electrons. The van der Waals surface area contributed by atoms with Crippen LogP contribution in [0, 0.1) is 0 Å². The van der Waals surface area contributed by atoms with E-state index in [1.807, 2.05) is 0 Å². The zero-order chi connectivity index (χ0) is 13.7. The van der Waals surface area contributed by atoms with E-state index in [1.54, 1.807) is 49.6 Å². The van der Waals surface area contributed by atoms with Gasteiger partial charge in [0.25, 0.3) is 0 Å². The van der Waals surface area contributed by atoms with Gasteiger partial charge >= 0.3 is 0 Å². The van der Waals surface area contributed by atoms with Crippen molar-refractivity contribution in [2.45, 2.75) is 0 Å². The number of rotatable bonds is 5. The van der Waals surface area contributed by atoms with Gasteiger partial charge in [0.1, 0.15) is 17.2 Å². The van der Waals surface area contributed by atoms with Crippen LogP contribution in [0.5, 0.6) is 17.2 Å². The second-order valence-corrected chi connectivity index (χ2v) is 4.09. The number of benzene rings is 2. The largest absolute Gasteiger partial charge is 0.497 e. The normalized spacial score (nSPS) is 9.79. The van der Waals surface area contributed by atoms with Crippen LogP contribution in [0.3, 0.4) is 0 Å². The van der Waals surface area contributed by atoms with Crippen LogP contribution < -0.4 is 14.8 Å². The van der Waals surface area contributed by atoms with Crippen LogP contribution in [0.2, 0.25) is 5.02 Å². The standard InChI is InChI=1S/C14H12ClNO3/c1-18-11-3-5-12(6-4-11)19-14-7-2-10(16-9-17)8-13(14)15/h2-9H,1H3,(H,16,17). The Balaban J connectivity index is 2.15. The molecular formula is C14H12ClNO3. The quantitative estimate of drug-likeness (QED) is 0.848. The second-order valence-electron chi connectivity index (χ2n) is 3.68. The zero-order valence-electron chi connectivity index (χ0n) is 10.2. The third-order valence-corrected chi connectivity index (χ3v) is 2.74. The summed E-state index contributed by atoms with van der Waals surface area (Å²) in [5.41, 5.74) is 0.613. The monoisotopic (exact) mass is 277 g/mol. The molecule has 1 N–H and O–H groups in total. The van der Waals surface area contributed by atoms with E-state index in [0.717, 1.165) is 5.75 Å². The number of hydrogen-bond donors (Lipinski definition) is 1. The van der Waals surface area contributed by atoms with Crippen molar-refractivity contribution in [1.29, 1.82) is 0 Å². The number of halogens is 1. The molecule has 2 rings (SSSR count). The maximum Gasteiger partial charge on any atom is 0.211 e. The Hall–Kier alpha value is -2.20. The van der Waals surface area contributed by atoms with E-state index in [2.05, 4.69) is 5.32 Å². The lowest BCUT2D eigenvalue weighted by Crippen LogP contribution is -1.94. The van der Waals surface area contributed by atoms with Crippen LogP contribution in [0.25, 0.3) is 0 Å². The van der Waals surface area contributed by atoms with Crippen molar-refractivity contribution < 1.29 is 14.3 Å². The predicted molar refractivity (Wildman–Crippen MR) is 74.2 cm³/mol. The Morgan fingerprint density at radius 1 is 1.11 bits per heavy atom. The van der Waals surface area contributed by atoms with Gasteiger partial charge in [-0.05, 0) is 42.5 Å². The Morgan fingerprint density at radius 3 is 2.37 bits per heavy atom. The maximum absolute atomic E-state index is 10.3. The molecule has 98 valence electrons. The Bertz CT molecular complexity index is 569. The van der Waals surface area contributed by atoms with Gasteiger partial charge in [0, 0.05) is 5.69 Å². The molecule has 0 atom stereocenters. The van der Waals surface area contributed by atoms with Gasteiger partial charge in [-0.1, -0.05) is 11.6 Å². The number of ether oxygens (including phenoxy) is 2. The summed E-state index contributed by atoms with van der Waals surface area (Å²) in [6.45, 7) is 0. The first-order chi connectivity index (χ1) is 9.22. The number of carbonyl (C=O) groups is 1. The molecule has 4 nitrogen and oxygen atoms in total. The summed E-state index contributed by atoms with van der Waals surface area (Å²) in [6, 6.07) is 12.2. The SMILES string of the molecule is COc1ccc(Oc2ccc(NC=O)cc2Cl)cc1. The third kappa shape index (κ3) is 3.39. The van der Waals surface area contributed by atoms with Gasteiger partial charge in [-0.15, -0.1) is 0 Å². The van der Waals surface area contributed by atoms with Gasteiger partial charge < -0.3 is 14.8 Å². The lowest BCUT2D eigenvalue weighted by atomic mass is 10.3. The van der Waals surface area contributed by atoms with Crippen molar-refractivity contribution in [3.05, 3.63) is 47.5 Å². The molecule has 2 aromatic carbocycles. The first-order valence-electron chi connectivity index (χ1n) is 5.54. The van der Waals surface area contributed by atoms with Crippen LogP contribution >= 0.6 is 11.6 Å². The van der Waals surface area contributed by atoms with E-state index in [-0.39, 0.29) is 0 Å². The van der Waals surface area contributed by atoms with Gasteiger partial charge in [-0.2, -0.15) is 0 Å². The molecule has 0 spiro atoms. The van der Waals surface area contributed by atoms with E-state index in [1.165, 1.54) is 0 Å². The predicted octanol–water partition coefficient (Wildman–Crippen LogP) is 3.71. The lowest BCUT2D eigenvalue weighted by molar-refractivity contribution is -0.105. The number of anilines is 1. The van der Waals surface area contributed by atoms with Crippen molar-refractivity contribution in [1.82, 2.24) is 0 Å². The molecule has 0 saturated heterocycles. The van der Waals surface area contributed by atoms with Crippen LogP contribution in [0.15, 0.2) is 42.5 Å². The summed E-state index contributed by atoms with van der Waals surface area (Å²) in [7, 11) is 1.60. The molecule has 0 aromatic heterocycles. The van der Waals surface area contributed by atoms with E-state index < -0.39 is 0 Å². The van der Waals surface area contributed by atoms with Crippen LogP contribution in [-0.2, 0) is 4.79 Å². The van der Waals surface area contributed by atoms with Crippen LogP contribution in [-0.4, -0.2) is 13.5 Å². The smallest absolute Gasteiger partial charge is 0.211 e. The van der Waals surface area contributed by atoms with Gasteiger partial charge in [0.05, 0.1) is 12.1 Å². The van der Waals surface area contributed by atoms with E-state index in [4.69, 9.17) is 21.1 Å². The number of amides is 1. The number of hydrogen-bond acceptors (Lipinski definition) is 3. The van der Waals surface area contributed by atoms with Gasteiger partial charge in [-0.25, -0.2) is 0 Å². The number of methoxy groups -OCH3 is 1. The van der Waals surface area contributed by atoms with Crippen molar-refractivity contribution >= 4 is 23.7 Å². The minimum Gasteiger partial charge on any atom is -0.497 e. The highest BCUT2D eigenvalue weighted by Gasteiger charge is 2.04. The van der Waals surface area contributed by atoms with Gasteiger partial charge in [0.15, 0.2) is 0 Å². The first-order valence-corrected chi connectivity index (χ1v) is 5.92. The Kier molecular flexibility index (Phi) is 4.26. The van der Waals surface area contributed by atoms with Crippen LogP contribution in [0.4, 0.5) is 5.69 Å². The molecule has 0 saturated carbocycles. The number of nitrogens with one attached hydrogen (secondary N) is 1. The third-order valence-electron chi connectivity index (χ3n) is 2.44. The zero-order valence-corrected chi connectivity index (χ0v) is 11.0. The average Bonchev–Trinajstić information content (AvgIpc) is 2.43. The molecule has 5 heteroatoms. The molecule has 0 unspecified atom stereocenters. The summed E-state index contributed by atoms with van der Waals surface area (Å²) < 4.78 is 10.7. The maximum atomic E-state index is 10.3. The summed E-state index contributed by atoms with van der Waals surface area (Å²) in [4.78, 5) is 10.3. The molecule has 0 aliphatic carbocycles. The summed E-state index contributed by atoms with van der Waals surface area (Å²) in [6.07, 6.45) is 0.593. The molecule has 0 heterocycles. The highest BCUT2D eigenvalue weighted by Crippen LogP contribution is 2.32. The summed E-state index contributed by atoms with van der Waals surface area (Å²) >= 11 is 6.07. The fourth-order valence-corrected chi connectivity index (χ4v) is 1.73. The molecule has 1 amide bonds. The van der Waals surface area contributed by atoms with E-state index >= 15 is 0 Å². The second kappa shape index (κ2) is 6.11. The minimum atomic E-state index is 0.419. The van der Waals surface area contributed by atoms with Crippen LogP contribution in [0.1, 0.15) is 0 Å². The minimum absolute atomic E-state index is 0.419. The molecule has 19 heavy (non-hydrogen) atoms. The lowest BCUT2D eigenvalue weighted by Gasteiger charge is -2.09. The molecule has 0 aliphatic heterocycles. The first kappa shape index (κ1) is 13.2. The molecule has 2 aromatic rings. The fourth-order valence-electron chi connectivity index (χ4n) is 1.51. The fraction of sp³-hybridized carbons (Fsp3) is 0.0714. The summed E-state index contributed by atoms with van der Waals surface area (Å²) in [5.74, 6) is 1.92. The van der Waals surface area contributed by atoms with Gasteiger partial charge in [-0.3, -0.25) is 4.79 Å². The molecule has 0 fully saturated rings. The molecular weight excluding hydrogens is 266 g/mol. The highest BCUT2D eigenvalue weighted by molar-refractivity contribution is 6.32. The Labute approximate surface area is 115 Å². The topological polar surface area (TPSA) is 47.6 Å². The summed E-state index contributed by atoms with van der Waals surface area (Å²) in [5, 5.41) is 2.94. The van der Waals surface area contributed by atoms with Crippen molar-refractivity contribution in [2.75, 3.05) is 12.4 Å². The molecule has 0 aliphatic rings. The van der Waals surface area contributed by atoms with Gasteiger partial charge in [0.2, 0.25) is 6.41 Å². The van der Waals surface area contributed by atoms with E-state index in [9.17, 15) is 4.79 Å². The molecule has 0 bridgehead atoms. The number of carbonyl (C=O) groups excluding carboxylic acids is 1. The average molecular weight is 278 g/mol. The van der Waals surface area contributed by atoms with Crippen molar-refractivity contribution in [3.8, 4) is 17.2 Å². The van der Waals surface area contributed by atoms with Crippen molar-refractivity contribution in [2.24, 2.45) is 0 Å².